The first-order valence-electron chi connectivity index (χ1n) is 15.5. The van der Waals surface area contributed by atoms with E-state index in [2.05, 4.69) is 19.2 Å². The van der Waals surface area contributed by atoms with Gasteiger partial charge in [-0.25, -0.2) is 0 Å². The van der Waals surface area contributed by atoms with E-state index in [-0.39, 0.29) is 23.0 Å². The highest BCUT2D eigenvalue weighted by molar-refractivity contribution is 7.63. The molecule has 2 rings (SSSR count). The molecular formula is C33H54NO5P. The van der Waals surface area contributed by atoms with E-state index in [4.69, 9.17) is 0 Å². The fourth-order valence-electron chi connectivity index (χ4n) is 5.41. The largest absolute Gasteiger partial charge is 0.508 e. The number of benzene rings is 2. The van der Waals surface area contributed by atoms with E-state index >= 15 is 0 Å². The van der Waals surface area contributed by atoms with E-state index in [0.29, 0.717) is 35.1 Å². The zero-order valence-corrected chi connectivity index (χ0v) is 26.2. The number of nitrogens with one attached hydrogen (secondary N) is 1. The summed E-state index contributed by atoms with van der Waals surface area (Å²) >= 11 is 0. The lowest BCUT2D eigenvalue weighted by atomic mass is 9.87. The molecule has 2 aromatic carbocycles. The number of phenols is 4. The molecule has 0 aromatic heterocycles. The van der Waals surface area contributed by atoms with E-state index < -0.39 is 13.1 Å². The molecule has 0 spiro atoms. The summed E-state index contributed by atoms with van der Waals surface area (Å²) in [5.74, 6) is -0.517. The molecule has 0 aliphatic rings. The Morgan fingerprint density at radius 3 is 1.48 bits per heavy atom. The van der Waals surface area contributed by atoms with Crippen molar-refractivity contribution in [2.24, 2.45) is 0 Å². The monoisotopic (exact) mass is 575 g/mol. The van der Waals surface area contributed by atoms with Gasteiger partial charge in [-0.2, -0.15) is 0 Å². The van der Waals surface area contributed by atoms with Crippen molar-refractivity contribution in [3.05, 3.63) is 46.5 Å². The molecule has 40 heavy (non-hydrogen) atoms. The summed E-state index contributed by atoms with van der Waals surface area (Å²) in [6.45, 7) is 8.08. The maximum Gasteiger partial charge on any atom is 0.126 e. The van der Waals surface area contributed by atoms with Gasteiger partial charge in [0.2, 0.25) is 0 Å². The summed E-state index contributed by atoms with van der Waals surface area (Å²) < 4.78 is 14.1. The van der Waals surface area contributed by atoms with Crippen LogP contribution < -0.4 is 5.32 Å². The topological polar surface area (TPSA) is 110 Å². The fraction of sp³-hybridized carbons (Fsp3) is 0.636. The first-order valence-corrected chi connectivity index (χ1v) is 17.7. The number of hydrogen-bond donors (Lipinski definition) is 5. The van der Waals surface area contributed by atoms with Crippen LogP contribution in [0.25, 0.3) is 0 Å². The van der Waals surface area contributed by atoms with Gasteiger partial charge in [-0.1, -0.05) is 90.2 Å². The molecule has 0 aliphatic heterocycles. The van der Waals surface area contributed by atoms with Crippen LogP contribution in [-0.2, 0) is 4.57 Å². The SMILES string of the molecule is CCCCCCCCP(=O)(CCCCCCCC)CNCC(c1ccc(O)c(C)c1O)c1ccc(O)c(C)c1O. The molecule has 7 heteroatoms. The third kappa shape index (κ3) is 10.3. The Morgan fingerprint density at radius 2 is 1.05 bits per heavy atom. The van der Waals surface area contributed by atoms with Crippen molar-refractivity contribution in [3.63, 3.8) is 0 Å². The van der Waals surface area contributed by atoms with Crippen LogP contribution in [0.5, 0.6) is 23.0 Å². The van der Waals surface area contributed by atoms with Gasteiger partial charge in [0.1, 0.15) is 30.1 Å². The molecule has 0 atom stereocenters. The van der Waals surface area contributed by atoms with Crippen LogP contribution in [0.2, 0.25) is 0 Å². The summed E-state index contributed by atoms with van der Waals surface area (Å²) in [4.78, 5) is 0. The Hall–Kier alpha value is -2.17. The third-order valence-electron chi connectivity index (χ3n) is 8.20. The normalized spacial score (nSPS) is 11.9. The number of aromatic hydroxyl groups is 4. The Morgan fingerprint density at radius 1 is 0.650 bits per heavy atom. The average molecular weight is 576 g/mol. The van der Waals surface area contributed by atoms with Crippen molar-refractivity contribution in [1.29, 1.82) is 0 Å². The lowest BCUT2D eigenvalue weighted by molar-refractivity contribution is 0.428. The average Bonchev–Trinajstić information content (AvgIpc) is 2.93. The first kappa shape index (κ1) is 34.0. The smallest absolute Gasteiger partial charge is 0.126 e. The molecule has 0 saturated carbocycles. The summed E-state index contributed by atoms with van der Waals surface area (Å²) in [5, 5.41) is 45.5. The molecule has 0 heterocycles. The van der Waals surface area contributed by atoms with Crippen molar-refractivity contribution < 1.29 is 25.0 Å². The Labute approximate surface area is 242 Å². The highest BCUT2D eigenvalue weighted by Crippen LogP contribution is 2.47. The summed E-state index contributed by atoms with van der Waals surface area (Å²) in [5.41, 5.74) is 1.86. The standard InChI is InChI=1S/C33H54NO5P/c1-5-7-9-11-13-15-21-40(39,22-16-14-12-10-8-6-2)24-34-23-29(27-17-19-30(35)25(3)32(27)37)28-18-20-31(36)26(4)33(28)38/h17-20,29,34-38H,5-16,21-24H2,1-4H3. The van der Waals surface area contributed by atoms with Gasteiger partial charge in [0.25, 0.3) is 0 Å². The van der Waals surface area contributed by atoms with Crippen molar-refractivity contribution in [1.82, 2.24) is 5.32 Å². The van der Waals surface area contributed by atoms with Gasteiger partial charge >= 0.3 is 0 Å². The molecule has 0 amide bonds. The maximum absolute atomic E-state index is 14.1. The van der Waals surface area contributed by atoms with Gasteiger partial charge in [0.05, 0.1) is 0 Å². The Kier molecular flexibility index (Phi) is 15.0. The molecule has 0 unspecified atom stereocenters. The minimum atomic E-state index is -2.44. The molecule has 0 bridgehead atoms. The molecule has 226 valence electrons. The lowest BCUT2D eigenvalue weighted by Crippen LogP contribution is -2.25. The predicted octanol–water partition coefficient (Wildman–Crippen LogP) is 8.89. The lowest BCUT2D eigenvalue weighted by Gasteiger charge is -2.25. The van der Waals surface area contributed by atoms with E-state index in [1.807, 2.05) is 0 Å². The zero-order valence-electron chi connectivity index (χ0n) is 25.3. The first-order chi connectivity index (χ1) is 19.1. The quantitative estimate of drug-likeness (QED) is 0.0797. The number of hydrogen-bond acceptors (Lipinski definition) is 6. The van der Waals surface area contributed by atoms with Gasteiger partial charge in [-0.3, -0.25) is 0 Å². The molecule has 0 aliphatic carbocycles. The third-order valence-corrected chi connectivity index (χ3v) is 11.3. The van der Waals surface area contributed by atoms with Gasteiger partial charge in [-0.05, 0) is 38.8 Å². The number of phenolic OH excluding ortho intramolecular Hbond substituents is 4. The molecule has 0 fully saturated rings. The van der Waals surface area contributed by atoms with E-state index in [9.17, 15) is 25.0 Å². The highest BCUT2D eigenvalue weighted by atomic mass is 31.2. The minimum Gasteiger partial charge on any atom is -0.508 e. The molecule has 5 N–H and O–H groups in total. The van der Waals surface area contributed by atoms with Crippen LogP contribution in [0.3, 0.4) is 0 Å². The number of unbranched alkanes of at least 4 members (excludes halogenated alkanes) is 10. The maximum atomic E-state index is 14.1. The zero-order chi connectivity index (χ0) is 29.5. The van der Waals surface area contributed by atoms with Crippen LogP contribution in [-0.4, -0.2) is 45.6 Å². The van der Waals surface area contributed by atoms with Crippen LogP contribution in [0.15, 0.2) is 24.3 Å². The second kappa shape index (κ2) is 17.6. The molecule has 0 saturated heterocycles. The summed E-state index contributed by atoms with van der Waals surface area (Å²) in [7, 11) is -2.44. The molecule has 2 aromatic rings. The molecular weight excluding hydrogens is 521 g/mol. The van der Waals surface area contributed by atoms with E-state index in [0.717, 1.165) is 38.0 Å². The van der Waals surface area contributed by atoms with E-state index in [1.165, 1.54) is 51.4 Å². The van der Waals surface area contributed by atoms with Crippen molar-refractivity contribution in [2.45, 2.75) is 111 Å². The Bertz CT molecular complexity index is 1010. The van der Waals surface area contributed by atoms with Gasteiger partial charge in [0, 0.05) is 53.3 Å². The predicted molar refractivity (Wildman–Crippen MR) is 168 cm³/mol. The van der Waals surface area contributed by atoms with E-state index in [1.54, 1.807) is 38.1 Å². The van der Waals surface area contributed by atoms with Gasteiger partial charge < -0.3 is 30.3 Å². The molecule has 6 nitrogen and oxygen atoms in total. The van der Waals surface area contributed by atoms with Crippen molar-refractivity contribution in [3.8, 4) is 23.0 Å². The molecule has 0 radical (unpaired) electrons. The van der Waals surface area contributed by atoms with Crippen LogP contribution in [0, 0.1) is 13.8 Å². The van der Waals surface area contributed by atoms with Crippen molar-refractivity contribution >= 4 is 7.14 Å². The van der Waals surface area contributed by atoms with Crippen LogP contribution >= 0.6 is 7.14 Å². The van der Waals surface area contributed by atoms with Crippen molar-refractivity contribution in [2.75, 3.05) is 25.2 Å². The second-order valence-corrected chi connectivity index (χ2v) is 14.8. The fourth-order valence-corrected chi connectivity index (χ4v) is 8.09. The second-order valence-electron chi connectivity index (χ2n) is 11.5. The van der Waals surface area contributed by atoms with Gasteiger partial charge in [0.15, 0.2) is 0 Å². The van der Waals surface area contributed by atoms with Crippen LogP contribution in [0.1, 0.15) is 119 Å². The number of rotatable bonds is 20. The minimum absolute atomic E-state index is 0.00134. The Balaban J connectivity index is 2.19. The summed E-state index contributed by atoms with van der Waals surface area (Å²) in [6, 6.07) is 6.42. The highest BCUT2D eigenvalue weighted by Gasteiger charge is 2.26. The van der Waals surface area contributed by atoms with Gasteiger partial charge in [-0.15, -0.1) is 0 Å². The van der Waals surface area contributed by atoms with Crippen LogP contribution in [0.4, 0.5) is 0 Å². The summed E-state index contributed by atoms with van der Waals surface area (Å²) in [6.07, 6.45) is 15.9.